The van der Waals surface area contributed by atoms with Crippen molar-refractivity contribution in [3.63, 3.8) is 0 Å². The fourth-order valence-electron chi connectivity index (χ4n) is 5.73. The molecule has 4 bridgehead atoms. The Morgan fingerprint density at radius 1 is 1.04 bits per heavy atom. The maximum absolute atomic E-state index is 12.8. The van der Waals surface area contributed by atoms with E-state index in [9.17, 15) is 4.79 Å². The molecule has 0 heterocycles. The summed E-state index contributed by atoms with van der Waals surface area (Å²) in [4.78, 5) is 12.8. The third-order valence-corrected chi connectivity index (χ3v) is 6.35. The Labute approximate surface area is 144 Å². The summed E-state index contributed by atoms with van der Waals surface area (Å²) >= 11 is 0. The molecule has 4 saturated carbocycles. The summed E-state index contributed by atoms with van der Waals surface area (Å²) in [5, 5.41) is 0. The molecular formula is C21H26O3. The Kier molecular flexibility index (Phi) is 3.90. The van der Waals surface area contributed by atoms with Gasteiger partial charge in [0.1, 0.15) is 11.5 Å². The standard InChI is InChI=1S/C21H26O3/c1-23-17-3-4-20(24-2)18(10-17)19(22)5-6-21-11-14-7-15(12-21)9-16(8-14)13-21/h3-6,10,14-16H,7-9,11-13H2,1-2H3/b6-5+. The van der Waals surface area contributed by atoms with Crippen molar-refractivity contribution in [3.05, 3.63) is 35.9 Å². The van der Waals surface area contributed by atoms with E-state index in [1.54, 1.807) is 32.4 Å². The largest absolute Gasteiger partial charge is 0.497 e. The van der Waals surface area contributed by atoms with Crippen LogP contribution in [0.15, 0.2) is 30.4 Å². The van der Waals surface area contributed by atoms with Crippen molar-refractivity contribution in [2.45, 2.75) is 38.5 Å². The van der Waals surface area contributed by atoms with Crippen molar-refractivity contribution in [3.8, 4) is 11.5 Å². The van der Waals surface area contributed by atoms with Gasteiger partial charge in [0.05, 0.1) is 19.8 Å². The Hall–Kier alpha value is -1.77. The Morgan fingerprint density at radius 3 is 2.21 bits per heavy atom. The molecule has 0 atom stereocenters. The first-order valence-corrected chi connectivity index (χ1v) is 9.06. The summed E-state index contributed by atoms with van der Waals surface area (Å²) in [5.41, 5.74) is 0.856. The fourth-order valence-corrected chi connectivity index (χ4v) is 5.73. The zero-order chi connectivity index (χ0) is 16.7. The van der Waals surface area contributed by atoms with E-state index in [0.29, 0.717) is 17.1 Å². The number of carbonyl (C=O) groups excluding carboxylic acids is 1. The lowest BCUT2D eigenvalue weighted by Crippen LogP contribution is -2.45. The molecule has 0 unspecified atom stereocenters. The molecule has 128 valence electrons. The summed E-state index contributed by atoms with van der Waals surface area (Å²) in [7, 11) is 3.21. The monoisotopic (exact) mass is 326 g/mol. The second-order valence-corrected chi connectivity index (χ2v) is 8.04. The lowest BCUT2D eigenvalue weighted by atomic mass is 9.49. The third kappa shape index (κ3) is 2.74. The molecule has 0 amide bonds. The lowest BCUT2D eigenvalue weighted by Gasteiger charge is -2.55. The fraction of sp³-hybridized carbons (Fsp3) is 0.571. The van der Waals surface area contributed by atoms with E-state index >= 15 is 0 Å². The molecule has 24 heavy (non-hydrogen) atoms. The molecular weight excluding hydrogens is 300 g/mol. The van der Waals surface area contributed by atoms with Gasteiger partial charge in [0.15, 0.2) is 5.78 Å². The van der Waals surface area contributed by atoms with Crippen LogP contribution >= 0.6 is 0 Å². The van der Waals surface area contributed by atoms with Gasteiger partial charge in [-0.3, -0.25) is 4.79 Å². The van der Waals surface area contributed by atoms with Gasteiger partial charge in [0.2, 0.25) is 0 Å². The minimum Gasteiger partial charge on any atom is -0.497 e. The highest BCUT2D eigenvalue weighted by Gasteiger charge is 2.49. The van der Waals surface area contributed by atoms with Crippen LogP contribution in [0.25, 0.3) is 0 Å². The van der Waals surface area contributed by atoms with Gasteiger partial charge in [-0.05, 0) is 86.0 Å². The molecule has 3 nitrogen and oxygen atoms in total. The van der Waals surface area contributed by atoms with Gasteiger partial charge in [-0.1, -0.05) is 6.08 Å². The molecule has 0 aromatic heterocycles. The van der Waals surface area contributed by atoms with Gasteiger partial charge in [-0.2, -0.15) is 0 Å². The number of benzene rings is 1. The van der Waals surface area contributed by atoms with Crippen molar-refractivity contribution in [1.29, 1.82) is 0 Å². The minimum atomic E-state index is 0.0153. The van der Waals surface area contributed by atoms with E-state index in [4.69, 9.17) is 9.47 Å². The third-order valence-electron chi connectivity index (χ3n) is 6.35. The summed E-state index contributed by atoms with van der Waals surface area (Å²) in [5.74, 6) is 3.98. The molecule has 0 spiro atoms. The minimum absolute atomic E-state index is 0.0153. The van der Waals surface area contributed by atoms with Gasteiger partial charge in [-0.25, -0.2) is 0 Å². The highest BCUT2D eigenvalue weighted by atomic mass is 16.5. The van der Waals surface area contributed by atoms with Crippen LogP contribution < -0.4 is 9.47 Å². The number of rotatable bonds is 5. The van der Waals surface area contributed by atoms with Crippen LogP contribution in [-0.2, 0) is 0 Å². The predicted octanol–water partition coefficient (Wildman–Crippen LogP) is 4.66. The molecule has 1 aromatic rings. The van der Waals surface area contributed by atoms with Gasteiger partial charge >= 0.3 is 0 Å². The first kappa shape index (κ1) is 15.7. The average molecular weight is 326 g/mol. The van der Waals surface area contributed by atoms with Crippen LogP contribution in [0.4, 0.5) is 0 Å². The van der Waals surface area contributed by atoms with Crippen LogP contribution in [0.3, 0.4) is 0 Å². The van der Waals surface area contributed by atoms with Crippen molar-refractivity contribution in [2.75, 3.05) is 14.2 Å². The molecule has 0 N–H and O–H groups in total. The zero-order valence-corrected chi connectivity index (χ0v) is 14.6. The van der Waals surface area contributed by atoms with E-state index in [1.165, 1.54) is 38.5 Å². The number of ether oxygens (including phenoxy) is 2. The maximum Gasteiger partial charge on any atom is 0.189 e. The molecule has 5 rings (SSSR count). The number of methoxy groups -OCH3 is 2. The van der Waals surface area contributed by atoms with Gasteiger partial charge in [-0.15, -0.1) is 0 Å². The molecule has 0 saturated heterocycles. The lowest BCUT2D eigenvalue weighted by molar-refractivity contribution is -0.0238. The van der Waals surface area contributed by atoms with Crippen LogP contribution in [0.5, 0.6) is 11.5 Å². The molecule has 0 aliphatic heterocycles. The van der Waals surface area contributed by atoms with E-state index in [-0.39, 0.29) is 11.2 Å². The highest BCUT2D eigenvalue weighted by Crippen LogP contribution is 2.60. The quantitative estimate of drug-likeness (QED) is 0.583. The highest BCUT2D eigenvalue weighted by molar-refractivity contribution is 6.06. The SMILES string of the molecule is COc1ccc(OC)c(C(=O)/C=C/C23CC4CC(CC(C4)C2)C3)c1. The first-order chi connectivity index (χ1) is 11.6. The predicted molar refractivity (Wildman–Crippen MR) is 93.6 cm³/mol. The summed E-state index contributed by atoms with van der Waals surface area (Å²) in [6, 6.07) is 5.38. The first-order valence-electron chi connectivity index (χ1n) is 9.06. The van der Waals surface area contributed by atoms with E-state index in [0.717, 1.165) is 17.8 Å². The van der Waals surface area contributed by atoms with Crippen molar-refractivity contribution >= 4 is 5.78 Å². The van der Waals surface area contributed by atoms with Crippen molar-refractivity contribution in [2.24, 2.45) is 23.2 Å². The molecule has 4 aliphatic carbocycles. The van der Waals surface area contributed by atoms with Crippen LogP contribution in [0, 0.1) is 23.2 Å². The smallest absolute Gasteiger partial charge is 0.189 e. The van der Waals surface area contributed by atoms with Crippen molar-refractivity contribution < 1.29 is 14.3 Å². The topological polar surface area (TPSA) is 35.5 Å². The molecule has 0 radical (unpaired) electrons. The van der Waals surface area contributed by atoms with Crippen LogP contribution in [0.2, 0.25) is 0 Å². The average Bonchev–Trinajstić information content (AvgIpc) is 2.58. The van der Waals surface area contributed by atoms with E-state index in [2.05, 4.69) is 6.08 Å². The Morgan fingerprint density at radius 2 is 1.67 bits per heavy atom. The van der Waals surface area contributed by atoms with E-state index in [1.807, 2.05) is 6.07 Å². The maximum atomic E-state index is 12.8. The second-order valence-electron chi connectivity index (χ2n) is 8.04. The second kappa shape index (κ2) is 5.94. The zero-order valence-electron chi connectivity index (χ0n) is 14.6. The number of allylic oxidation sites excluding steroid dienone is 2. The molecule has 3 heteroatoms. The number of hydrogen-bond donors (Lipinski definition) is 0. The van der Waals surface area contributed by atoms with E-state index < -0.39 is 0 Å². The normalized spacial score (nSPS) is 33.8. The van der Waals surface area contributed by atoms with Gasteiger partial charge in [0, 0.05) is 0 Å². The summed E-state index contributed by atoms with van der Waals surface area (Å²) < 4.78 is 10.6. The molecule has 1 aromatic carbocycles. The van der Waals surface area contributed by atoms with Crippen LogP contribution in [0.1, 0.15) is 48.9 Å². The van der Waals surface area contributed by atoms with Gasteiger partial charge in [0.25, 0.3) is 0 Å². The molecule has 4 fully saturated rings. The Bertz CT molecular complexity index is 638. The van der Waals surface area contributed by atoms with Gasteiger partial charge < -0.3 is 9.47 Å². The number of ketones is 1. The summed E-state index contributed by atoms with van der Waals surface area (Å²) in [6.07, 6.45) is 12.1. The number of carbonyl (C=O) groups is 1. The van der Waals surface area contributed by atoms with Crippen molar-refractivity contribution in [1.82, 2.24) is 0 Å². The summed E-state index contributed by atoms with van der Waals surface area (Å²) in [6.45, 7) is 0. The van der Waals surface area contributed by atoms with Crippen LogP contribution in [-0.4, -0.2) is 20.0 Å². The molecule has 4 aliphatic rings. The Balaban J connectivity index is 1.57. The number of hydrogen-bond acceptors (Lipinski definition) is 3.